The number of aromatic nitrogens is 1. The monoisotopic (exact) mass is 525 g/mol. The zero-order valence-electron chi connectivity index (χ0n) is 21.1. The number of carbonyl (C=O) groups excluding carboxylic acids is 4. The molecule has 8 heteroatoms. The topological polar surface area (TPSA) is 87.7 Å². The number of piperidine rings is 1. The fourth-order valence-corrected chi connectivity index (χ4v) is 6.54. The number of hydrogen-bond donors (Lipinski definition) is 0. The first-order valence-corrected chi connectivity index (χ1v) is 14.0. The number of fused-ring (bicyclic) bond motifs is 2. The maximum atomic E-state index is 13.5. The van der Waals surface area contributed by atoms with Crippen molar-refractivity contribution in [2.24, 2.45) is 5.41 Å². The Bertz CT molecular complexity index is 1490. The van der Waals surface area contributed by atoms with E-state index in [0.29, 0.717) is 59.6 Å². The standard InChI is InChI=1S/C30H27N3O4S/c1-38-27-23(7-4-13-31-27)29(37)32-14-10-30(11-15-32)12-16-33(18-30)28(36)19-8-9-22-24(17-19)26(35)21-6-3-2-5-20(21)25(22)34/h2-9,13,17H,10-12,14-16,18H2,1H3. The zero-order chi connectivity index (χ0) is 26.4. The Balaban J connectivity index is 1.15. The maximum absolute atomic E-state index is 13.5. The molecule has 0 bridgehead atoms. The van der Waals surface area contributed by atoms with E-state index in [1.54, 1.807) is 54.7 Å². The Morgan fingerprint density at radius 2 is 1.42 bits per heavy atom. The van der Waals surface area contributed by atoms with Gasteiger partial charge in [-0.2, -0.15) is 0 Å². The third kappa shape index (κ3) is 4.04. The Labute approximate surface area is 225 Å². The fraction of sp³-hybridized carbons (Fsp3) is 0.300. The summed E-state index contributed by atoms with van der Waals surface area (Å²) in [5.74, 6) is -0.523. The number of benzene rings is 2. The molecule has 0 atom stereocenters. The second-order valence-electron chi connectivity index (χ2n) is 10.3. The van der Waals surface area contributed by atoms with Crippen LogP contribution >= 0.6 is 11.8 Å². The first-order chi connectivity index (χ1) is 18.4. The summed E-state index contributed by atoms with van der Waals surface area (Å²) in [5.41, 5.74) is 2.48. The molecule has 0 unspecified atom stereocenters. The molecule has 2 aromatic carbocycles. The van der Waals surface area contributed by atoms with Gasteiger partial charge in [0.25, 0.3) is 11.8 Å². The predicted octanol–water partition coefficient (Wildman–Crippen LogP) is 4.35. The highest BCUT2D eigenvalue weighted by atomic mass is 32.2. The Morgan fingerprint density at radius 3 is 2.11 bits per heavy atom. The highest BCUT2D eigenvalue weighted by Crippen LogP contribution is 2.41. The second kappa shape index (κ2) is 9.51. The zero-order valence-corrected chi connectivity index (χ0v) is 21.9. The molecule has 3 aliphatic rings. The lowest BCUT2D eigenvalue weighted by Crippen LogP contribution is -2.44. The van der Waals surface area contributed by atoms with Crippen LogP contribution in [0.4, 0.5) is 0 Å². The Morgan fingerprint density at radius 1 is 0.789 bits per heavy atom. The van der Waals surface area contributed by atoms with Gasteiger partial charge in [-0.25, -0.2) is 4.98 Å². The molecule has 0 saturated carbocycles. The van der Waals surface area contributed by atoms with E-state index in [0.717, 1.165) is 24.3 Å². The van der Waals surface area contributed by atoms with Crippen LogP contribution in [0.5, 0.6) is 0 Å². The third-order valence-electron chi connectivity index (χ3n) is 8.20. The van der Waals surface area contributed by atoms with Gasteiger partial charge in [0.15, 0.2) is 11.6 Å². The first-order valence-electron chi connectivity index (χ1n) is 12.8. The van der Waals surface area contributed by atoms with Crippen molar-refractivity contribution in [2.75, 3.05) is 32.4 Å². The molecule has 2 saturated heterocycles. The van der Waals surface area contributed by atoms with E-state index in [-0.39, 0.29) is 28.8 Å². The minimum atomic E-state index is -0.224. The number of carbonyl (C=O) groups is 4. The van der Waals surface area contributed by atoms with E-state index in [1.807, 2.05) is 22.1 Å². The van der Waals surface area contributed by atoms with Crippen molar-refractivity contribution in [1.29, 1.82) is 0 Å². The number of pyridine rings is 1. The number of rotatable bonds is 3. The Kier molecular flexibility index (Phi) is 6.14. The molecular weight excluding hydrogens is 498 g/mol. The van der Waals surface area contributed by atoms with Gasteiger partial charge in [-0.3, -0.25) is 19.2 Å². The predicted molar refractivity (Wildman–Crippen MR) is 144 cm³/mol. The molecule has 38 heavy (non-hydrogen) atoms. The van der Waals surface area contributed by atoms with Crippen molar-refractivity contribution in [2.45, 2.75) is 24.3 Å². The van der Waals surface area contributed by atoms with Crippen molar-refractivity contribution < 1.29 is 19.2 Å². The van der Waals surface area contributed by atoms with Crippen LogP contribution in [-0.4, -0.2) is 70.6 Å². The summed E-state index contributed by atoms with van der Waals surface area (Å²) in [6.45, 7) is 2.57. The molecule has 1 spiro atoms. The van der Waals surface area contributed by atoms with Gasteiger partial charge < -0.3 is 9.80 Å². The lowest BCUT2D eigenvalue weighted by Gasteiger charge is -2.39. The molecule has 1 aromatic heterocycles. The highest BCUT2D eigenvalue weighted by molar-refractivity contribution is 7.98. The van der Waals surface area contributed by atoms with Crippen LogP contribution in [-0.2, 0) is 0 Å². The van der Waals surface area contributed by atoms with E-state index in [9.17, 15) is 19.2 Å². The van der Waals surface area contributed by atoms with Crippen molar-refractivity contribution in [1.82, 2.24) is 14.8 Å². The largest absolute Gasteiger partial charge is 0.339 e. The lowest BCUT2D eigenvalue weighted by atomic mass is 9.77. The van der Waals surface area contributed by atoms with Gasteiger partial charge in [-0.05, 0) is 61.3 Å². The van der Waals surface area contributed by atoms with Crippen molar-refractivity contribution >= 4 is 35.1 Å². The summed E-state index contributed by atoms with van der Waals surface area (Å²) >= 11 is 1.47. The summed E-state index contributed by atoms with van der Waals surface area (Å²) in [6.07, 6.45) is 6.19. The Hall–Kier alpha value is -3.78. The summed E-state index contributed by atoms with van der Waals surface area (Å²) in [5, 5.41) is 0.740. The van der Waals surface area contributed by atoms with Crippen LogP contribution < -0.4 is 0 Å². The van der Waals surface area contributed by atoms with E-state index in [2.05, 4.69) is 4.98 Å². The number of likely N-dealkylation sites (tertiary alicyclic amines) is 2. The molecule has 2 fully saturated rings. The molecule has 0 radical (unpaired) electrons. The molecular formula is C30H27N3O4S. The molecule has 0 N–H and O–H groups in total. The SMILES string of the molecule is CSc1ncccc1C(=O)N1CCC2(CCN(C(=O)c3ccc4c(c3)C(=O)c3ccccc3C4=O)C2)CC1. The van der Waals surface area contributed by atoms with Gasteiger partial charge in [0.2, 0.25) is 0 Å². The van der Waals surface area contributed by atoms with Crippen molar-refractivity contribution in [3.8, 4) is 0 Å². The second-order valence-corrected chi connectivity index (χ2v) is 11.1. The van der Waals surface area contributed by atoms with Gasteiger partial charge in [-0.15, -0.1) is 11.8 Å². The molecule has 2 aliphatic heterocycles. The van der Waals surface area contributed by atoms with Crippen LogP contribution in [0.2, 0.25) is 0 Å². The molecule has 2 amide bonds. The van der Waals surface area contributed by atoms with Crippen LogP contribution in [0.1, 0.15) is 71.8 Å². The number of thioether (sulfide) groups is 1. The number of nitrogens with zero attached hydrogens (tertiary/aromatic N) is 3. The quantitative estimate of drug-likeness (QED) is 0.370. The highest BCUT2D eigenvalue weighted by Gasteiger charge is 2.43. The normalized spacial score (nSPS) is 17.9. The average molecular weight is 526 g/mol. The van der Waals surface area contributed by atoms with Crippen molar-refractivity contribution in [3.05, 3.63) is 94.2 Å². The summed E-state index contributed by atoms with van der Waals surface area (Å²) < 4.78 is 0. The van der Waals surface area contributed by atoms with Gasteiger partial charge in [-0.1, -0.05) is 24.3 Å². The van der Waals surface area contributed by atoms with E-state index < -0.39 is 0 Å². The molecule has 3 heterocycles. The van der Waals surface area contributed by atoms with E-state index >= 15 is 0 Å². The van der Waals surface area contributed by atoms with Gasteiger partial charge in [0.1, 0.15) is 5.03 Å². The summed E-state index contributed by atoms with van der Waals surface area (Å²) in [4.78, 5) is 60.7. The third-order valence-corrected chi connectivity index (χ3v) is 8.92. The molecule has 192 valence electrons. The fourth-order valence-electron chi connectivity index (χ4n) is 6.00. The molecule has 1 aliphatic carbocycles. The van der Waals surface area contributed by atoms with Crippen LogP contribution in [0.25, 0.3) is 0 Å². The van der Waals surface area contributed by atoms with Gasteiger partial charge >= 0.3 is 0 Å². The number of amides is 2. The molecule has 3 aromatic rings. The van der Waals surface area contributed by atoms with Crippen molar-refractivity contribution in [3.63, 3.8) is 0 Å². The maximum Gasteiger partial charge on any atom is 0.256 e. The molecule has 6 rings (SSSR count). The average Bonchev–Trinajstić information content (AvgIpc) is 3.38. The number of hydrogen-bond acceptors (Lipinski definition) is 6. The molecule has 7 nitrogen and oxygen atoms in total. The van der Waals surface area contributed by atoms with Crippen LogP contribution in [0.3, 0.4) is 0 Å². The first kappa shape index (κ1) is 24.6. The van der Waals surface area contributed by atoms with E-state index in [1.165, 1.54) is 11.8 Å². The van der Waals surface area contributed by atoms with Gasteiger partial charge in [0.05, 0.1) is 5.56 Å². The summed E-state index contributed by atoms with van der Waals surface area (Å²) in [7, 11) is 0. The van der Waals surface area contributed by atoms with Crippen LogP contribution in [0, 0.1) is 5.41 Å². The van der Waals surface area contributed by atoms with E-state index in [4.69, 9.17) is 0 Å². The van der Waals surface area contributed by atoms with Gasteiger partial charge in [0, 0.05) is 60.2 Å². The smallest absolute Gasteiger partial charge is 0.256 e. The minimum Gasteiger partial charge on any atom is -0.339 e. The van der Waals surface area contributed by atoms with Crippen LogP contribution in [0.15, 0.2) is 65.8 Å². The minimum absolute atomic E-state index is 0.0113. The summed E-state index contributed by atoms with van der Waals surface area (Å²) in [6, 6.07) is 15.3. The number of ketones is 2. The lowest BCUT2D eigenvalue weighted by molar-refractivity contribution is 0.0562.